The molecule has 0 aliphatic heterocycles. The minimum atomic E-state index is 0.712. The predicted octanol–water partition coefficient (Wildman–Crippen LogP) is 3.22. The quantitative estimate of drug-likeness (QED) is 0.674. The molecule has 0 bridgehead atoms. The highest BCUT2D eigenvalue weighted by Crippen LogP contribution is 2.28. The summed E-state index contributed by atoms with van der Waals surface area (Å²) in [5.74, 6) is 1.67. The Morgan fingerprint density at radius 3 is 2.44 bits per heavy atom. The predicted molar refractivity (Wildman–Crippen MR) is 69.7 cm³/mol. The van der Waals surface area contributed by atoms with Gasteiger partial charge in [-0.05, 0) is 31.1 Å². The van der Waals surface area contributed by atoms with Crippen LogP contribution in [-0.2, 0) is 4.74 Å². The van der Waals surface area contributed by atoms with Gasteiger partial charge < -0.3 is 10.1 Å². The summed E-state index contributed by atoms with van der Waals surface area (Å²) < 4.78 is 5.57. The van der Waals surface area contributed by atoms with Crippen LogP contribution in [0.1, 0.15) is 52.9 Å². The normalized spacial score (nSPS) is 30.6. The van der Waals surface area contributed by atoms with E-state index in [1.807, 2.05) is 0 Å². The molecule has 0 aromatic carbocycles. The highest BCUT2D eigenvalue weighted by molar-refractivity contribution is 4.83. The van der Waals surface area contributed by atoms with E-state index < -0.39 is 0 Å². The molecule has 0 aromatic heterocycles. The molecule has 0 amide bonds. The summed E-state index contributed by atoms with van der Waals surface area (Å²) in [4.78, 5) is 0. The van der Waals surface area contributed by atoms with Crippen LogP contribution in [-0.4, -0.2) is 25.8 Å². The summed E-state index contributed by atoms with van der Waals surface area (Å²) in [6.45, 7) is 9.77. The molecular weight excluding hydrogens is 198 g/mol. The van der Waals surface area contributed by atoms with Crippen LogP contribution >= 0.6 is 0 Å². The summed E-state index contributed by atoms with van der Waals surface area (Å²) in [5, 5.41) is 3.67. The average molecular weight is 227 g/mol. The molecule has 0 heterocycles. The number of rotatable bonds is 7. The van der Waals surface area contributed by atoms with Crippen molar-refractivity contribution in [3.8, 4) is 0 Å². The third kappa shape index (κ3) is 4.84. The Kier molecular flexibility index (Phi) is 7.06. The van der Waals surface area contributed by atoms with Gasteiger partial charge >= 0.3 is 0 Å². The van der Waals surface area contributed by atoms with Gasteiger partial charge in [0.15, 0.2) is 0 Å². The van der Waals surface area contributed by atoms with Crippen LogP contribution in [0.5, 0.6) is 0 Å². The summed E-state index contributed by atoms with van der Waals surface area (Å²) in [6, 6.07) is 0.712. The lowest BCUT2D eigenvalue weighted by molar-refractivity contribution is 0.120. The second-order valence-corrected chi connectivity index (χ2v) is 5.33. The lowest BCUT2D eigenvalue weighted by Crippen LogP contribution is -2.44. The van der Waals surface area contributed by atoms with E-state index in [4.69, 9.17) is 4.74 Å². The van der Waals surface area contributed by atoms with E-state index in [9.17, 15) is 0 Å². The van der Waals surface area contributed by atoms with Gasteiger partial charge in [0.25, 0.3) is 0 Å². The van der Waals surface area contributed by atoms with Gasteiger partial charge in [-0.2, -0.15) is 0 Å². The Hall–Kier alpha value is -0.0800. The molecule has 1 aliphatic carbocycles. The van der Waals surface area contributed by atoms with Crippen molar-refractivity contribution in [2.45, 2.75) is 58.9 Å². The summed E-state index contributed by atoms with van der Waals surface area (Å²) >= 11 is 0. The molecule has 1 fully saturated rings. The minimum Gasteiger partial charge on any atom is -0.380 e. The lowest BCUT2D eigenvalue weighted by Gasteiger charge is -2.35. The van der Waals surface area contributed by atoms with Crippen molar-refractivity contribution in [2.75, 3.05) is 19.8 Å². The fourth-order valence-electron chi connectivity index (χ4n) is 2.73. The third-order valence-electron chi connectivity index (χ3n) is 3.81. The van der Waals surface area contributed by atoms with Crippen LogP contribution in [0.25, 0.3) is 0 Å². The zero-order chi connectivity index (χ0) is 11.8. The minimum absolute atomic E-state index is 0.712. The molecule has 0 aromatic rings. The maximum absolute atomic E-state index is 5.57. The van der Waals surface area contributed by atoms with E-state index in [0.717, 1.165) is 31.6 Å². The Bertz CT molecular complexity index is 162. The second-order valence-electron chi connectivity index (χ2n) is 5.33. The fraction of sp³-hybridized carbons (Fsp3) is 1.00. The van der Waals surface area contributed by atoms with Crippen molar-refractivity contribution in [3.05, 3.63) is 0 Å². The number of hydrogen-bond acceptors (Lipinski definition) is 2. The maximum atomic E-state index is 5.57. The van der Waals surface area contributed by atoms with Gasteiger partial charge in [0.05, 0.1) is 6.61 Å². The fourth-order valence-corrected chi connectivity index (χ4v) is 2.73. The molecule has 2 heteroatoms. The van der Waals surface area contributed by atoms with Gasteiger partial charge in [-0.15, -0.1) is 0 Å². The highest BCUT2D eigenvalue weighted by Gasteiger charge is 2.26. The van der Waals surface area contributed by atoms with Crippen molar-refractivity contribution in [1.82, 2.24) is 5.32 Å². The first-order chi connectivity index (χ1) is 7.75. The Labute approximate surface area is 101 Å². The van der Waals surface area contributed by atoms with Crippen LogP contribution in [0.2, 0.25) is 0 Å². The van der Waals surface area contributed by atoms with E-state index in [2.05, 4.69) is 26.1 Å². The van der Waals surface area contributed by atoms with Crippen molar-refractivity contribution >= 4 is 0 Å². The molecular formula is C14H29NO. The first-order valence-corrected chi connectivity index (χ1v) is 7.06. The molecule has 16 heavy (non-hydrogen) atoms. The Balaban J connectivity index is 2.06. The van der Waals surface area contributed by atoms with Crippen LogP contribution < -0.4 is 5.32 Å². The maximum Gasteiger partial charge on any atom is 0.0591 e. The molecule has 1 rings (SSSR count). The highest BCUT2D eigenvalue weighted by atomic mass is 16.5. The molecule has 0 spiro atoms. The van der Waals surface area contributed by atoms with Crippen molar-refractivity contribution in [1.29, 1.82) is 0 Å². The first kappa shape index (κ1) is 14.0. The molecule has 1 aliphatic rings. The molecule has 2 atom stereocenters. The number of unbranched alkanes of at least 4 members (excludes halogenated alkanes) is 1. The van der Waals surface area contributed by atoms with Gasteiger partial charge in [0.2, 0.25) is 0 Å². The van der Waals surface area contributed by atoms with Gasteiger partial charge in [-0.1, -0.05) is 33.6 Å². The zero-order valence-corrected chi connectivity index (χ0v) is 11.3. The number of hydrogen-bond donors (Lipinski definition) is 1. The smallest absolute Gasteiger partial charge is 0.0591 e. The lowest BCUT2D eigenvalue weighted by atomic mass is 9.79. The van der Waals surface area contributed by atoms with E-state index in [1.165, 1.54) is 32.1 Å². The van der Waals surface area contributed by atoms with Gasteiger partial charge in [-0.25, -0.2) is 0 Å². The molecule has 1 N–H and O–H groups in total. The van der Waals surface area contributed by atoms with Crippen LogP contribution in [0.4, 0.5) is 0 Å². The number of nitrogens with one attached hydrogen (secondary N) is 1. The van der Waals surface area contributed by atoms with E-state index in [1.54, 1.807) is 0 Å². The van der Waals surface area contributed by atoms with Crippen LogP contribution in [0.3, 0.4) is 0 Å². The zero-order valence-electron chi connectivity index (χ0n) is 11.3. The Morgan fingerprint density at radius 2 is 1.81 bits per heavy atom. The van der Waals surface area contributed by atoms with Gasteiger partial charge in [0, 0.05) is 19.2 Å². The van der Waals surface area contributed by atoms with E-state index >= 15 is 0 Å². The SMILES string of the molecule is CCCCOCCNC1C(C)CCCC1C. The van der Waals surface area contributed by atoms with Crippen molar-refractivity contribution in [2.24, 2.45) is 11.8 Å². The van der Waals surface area contributed by atoms with Crippen LogP contribution in [0.15, 0.2) is 0 Å². The topological polar surface area (TPSA) is 21.3 Å². The number of ether oxygens (including phenoxy) is 1. The molecule has 96 valence electrons. The molecule has 0 radical (unpaired) electrons. The van der Waals surface area contributed by atoms with Crippen molar-refractivity contribution < 1.29 is 4.74 Å². The summed E-state index contributed by atoms with van der Waals surface area (Å²) in [6.07, 6.45) is 6.60. The summed E-state index contributed by atoms with van der Waals surface area (Å²) in [7, 11) is 0. The average Bonchev–Trinajstić information content (AvgIpc) is 2.26. The third-order valence-corrected chi connectivity index (χ3v) is 3.81. The largest absolute Gasteiger partial charge is 0.380 e. The molecule has 0 saturated heterocycles. The Morgan fingerprint density at radius 1 is 1.12 bits per heavy atom. The van der Waals surface area contributed by atoms with E-state index in [-0.39, 0.29) is 0 Å². The van der Waals surface area contributed by atoms with Gasteiger partial charge in [0.1, 0.15) is 0 Å². The standard InChI is InChI=1S/C14H29NO/c1-4-5-10-16-11-9-15-14-12(2)7-6-8-13(14)3/h12-15H,4-11H2,1-3H3. The summed E-state index contributed by atoms with van der Waals surface area (Å²) in [5.41, 5.74) is 0. The monoisotopic (exact) mass is 227 g/mol. The van der Waals surface area contributed by atoms with E-state index in [0.29, 0.717) is 6.04 Å². The van der Waals surface area contributed by atoms with Gasteiger partial charge in [-0.3, -0.25) is 0 Å². The first-order valence-electron chi connectivity index (χ1n) is 7.06. The second kappa shape index (κ2) is 8.08. The molecule has 1 saturated carbocycles. The molecule has 2 nitrogen and oxygen atoms in total. The van der Waals surface area contributed by atoms with Crippen LogP contribution in [0, 0.1) is 11.8 Å². The van der Waals surface area contributed by atoms with Crippen molar-refractivity contribution in [3.63, 3.8) is 0 Å². The molecule has 2 unspecified atom stereocenters.